The van der Waals surface area contributed by atoms with Gasteiger partial charge < -0.3 is 5.32 Å². The number of halogens is 1. The molecule has 0 aliphatic heterocycles. The summed E-state index contributed by atoms with van der Waals surface area (Å²) in [6, 6.07) is 8.98. The van der Waals surface area contributed by atoms with E-state index in [4.69, 9.17) is 16.9 Å². The summed E-state index contributed by atoms with van der Waals surface area (Å²) in [6.45, 7) is 0. The van der Waals surface area contributed by atoms with Gasteiger partial charge in [0.2, 0.25) is 5.91 Å². The molecule has 0 aromatic heterocycles. The molecule has 0 aliphatic carbocycles. The van der Waals surface area contributed by atoms with E-state index in [1.807, 2.05) is 6.07 Å². The van der Waals surface area contributed by atoms with Gasteiger partial charge in [0.25, 0.3) is 0 Å². The lowest BCUT2D eigenvalue weighted by atomic mass is 10.3. The van der Waals surface area contributed by atoms with Crippen LogP contribution in [0.2, 0.25) is 5.02 Å². The van der Waals surface area contributed by atoms with E-state index in [9.17, 15) is 4.79 Å². The quantitative estimate of drug-likeness (QED) is 0.823. The average molecular weight is 241 g/mol. The Balaban J connectivity index is 2.45. The van der Waals surface area contributed by atoms with Gasteiger partial charge >= 0.3 is 0 Å². The minimum absolute atomic E-state index is 0.150. The number of hydrogen-bond acceptors (Lipinski definition) is 3. The Hall–Kier alpha value is -1.18. The third-order valence-electron chi connectivity index (χ3n) is 1.55. The first-order valence-electron chi connectivity index (χ1n) is 4.23. The third-order valence-corrected chi connectivity index (χ3v) is 2.68. The van der Waals surface area contributed by atoms with Gasteiger partial charge in [0.1, 0.15) is 0 Å². The number of rotatable bonds is 4. The maximum absolute atomic E-state index is 11.3. The van der Waals surface area contributed by atoms with Crippen LogP contribution in [0, 0.1) is 11.3 Å². The predicted molar refractivity (Wildman–Crippen MR) is 63.0 cm³/mol. The highest BCUT2D eigenvalue weighted by Gasteiger charge is 2.04. The molecule has 3 nitrogen and oxygen atoms in total. The van der Waals surface area contributed by atoms with Gasteiger partial charge in [-0.1, -0.05) is 23.7 Å². The molecule has 1 rings (SSSR count). The van der Waals surface area contributed by atoms with Gasteiger partial charge in [-0.15, -0.1) is 11.8 Å². The topological polar surface area (TPSA) is 52.9 Å². The fourth-order valence-electron chi connectivity index (χ4n) is 0.938. The summed E-state index contributed by atoms with van der Waals surface area (Å²) in [5.74, 6) is 0.428. The minimum Gasteiger partial charge on any atom is -0.324 e. The Morgan fingerprint density at radius 3 is 2.93 bits per heavy atom. The van der Waals surface area contributed by atoms with Crippen LogP contribution in [-0.4, -0.2) is 17.4 Å². The monoisotopic (exact) mass is 240 g/mol. The molecule has 0 atom stereocenters. The number of nitrogens with zero attached hydrogens (tertiary/aromatic N) is 1. The lowest BCUT2D eigenvalue weighted by Gasteiger charge is -2.05. The van der Waals surface area contributed by atoms with E-state index in [-0.39, 0.29) is 11.7 Å². The molecule has 1 amide bonds. The van der Waals surface area contributed by atoms with Crippen LogP contribution in [0.15, 0.2) is 24.3 Å². The van der Waals surface area contributed by atoms with Gasteiger partial charge in [-0.2, -0.15) is 5.26 Å². The summed E-state index contributed by atoms with van der Waals surface area (Å²) in [4.78, 5) is 11.3. The molecular formula is C10H9ClN2OS. The molecule has 78 valence electrons. The summed E-state index contributed by atoms with van der Waals surface area (Å²) >= 11 is 7.13. The van der Waals surface area contributed by atoms with Crippen molar-refractivity contribution < 1.29 is 4.79 Å². The molecule has 0 radical (unpaired) electrons. The number of anilines is 1. The zero-order valence-electron chi connectivity index (χ0n) is 7.87. The molecule has 0 aliphatic rings. The first-order chi connectivity index (χ1) is 7.24. The zero-order chi connectivity index (χ0) is 11.1. The summed E-state index contributed by atoms with van der Waals surface area (Å²) in [5, 5.41) is 11.5. The third kappa shape index (κ3) is 4.24. The summed E-state index contributed by atoms with van der Waals surface area (Å²) in [7, 11) is 0. The van der Waals surface area contributed by atoms with Crippen molar-refractivity contribution in [1.29, 1.82) is 5.26 Å². The lowest BCUT2D eigenvalue weighted by Crippen LogP contribution is -2.14. The second-order valence-electron chi connectivity index (χ2n) is 2.68. The van der Waals surface area contributed by atoms with Crippen molar-refractivity contribution in [3.63, 3.8) is 0 Å². The van der Waals surface area contributed by atoms with Gasteiger partial charge in [0.15, 0.2) is 0 Å². The summed E-state index contributed by atoms with van der Waals surface area (Å²) in [5.41, 5.74) is 0.599. The highest BCUT2D eigenvalue weighted by atomic mass is 35.5. The SMILES string of the molecule is N#CCSCC(=O)Nc1ccccc1Cl. The molecule has 15 heavy (non-hydrogen) atoms. The van der Waals surface area contributed by atoms with Gasteiger partial charge in [0.05, 0.1) is 28.3 Å². The van der Waals surface area contributed by atoms with Gasteiger partial charge in [-0.3, -0.25) is 4.79 Å². The number of nitrogens with one attached hydrogen (secondary N) is 1. The standard InChI is InChI=1S/C10H9ClN2OS/c11-8-3-1-2-4-9(8)13-10(14)7-15-6-5-12/h1-4H,6-7H2,(H,13,14). The van der Waals surface area contributed by atoms with Crippen molar-refractivity contribution in [1.82, 2.24) is 0 Å². The van der Waals surface area contributed by atoms with E-state index in [0.29, 0.717) is 16.5 Å². The highest BCUT2D eigenvalue weighted by molar-refractivity contribution is 8.00. The second-order valence-corrected chi connectivity index (χ2v) is 4.07. The van der Waals surface area contributed by atoms with Crippen LogP contribution in [0.5, 0.6) is 0 Å². The first kappa shape index (κ1) is 11.9. The number of carbonyl (C=O) groups excluding carboxylic acids is 1. The fourth-order valence-corrected chi connectivity index (χ4v) is 1.57. The largest absolute Gasteiger partial charge is 0.324 e. The van der Waals surface area contributed by atoms with E-state index < -0.39 is 0 Å². The predicted octanol–water partition coefficient (Wildman–Crippen LogP) is 2.54. The molecule has 0 saturated heterocycles. The zero-order valence-corrected chi connectivity index (χ0v) is 9.44. The Kier molecular flexibility index (Phi) is 5.02. The molecule has 1 N–H and O–H groups in total. The number of thioether (sulfide) groups is 1. The Bertz CT molecular complexity index is 389. The first-order valence-corrected chi connectivity index (χ1v) is 5.76. The summed E-state index contributed by atoms with van der Waals surface area (Å²) < 4.78 is 0. The number of amides is 1. The number of benzene rings is 1. The second kappa shape index (κ2) is 6.33. The van der Waals surface area contributed by atoms with Crippen LogP contribution < -0.4 is 5.32 Å². The number of carbonyl (C=O) groups is 1. The van der Waals surface area contributed by atoms with Crippen LogP contribution in [0.4, 0.5) is 5.69 Å². The van der Waals surface area contributed by atoms with E-state index in [0.717, 1.165) is 0 Å². The Morgan fingerprint density at radius 2 is 2.27 bits per heavy atom. The molecule has 0 saturated carbocycles. The minimum atomic E-state index is -0.150. The molecule has 5 heteroatoms. The normalized spacial score (nSPS) is 9.33. The van der Waals surface area contributed by atoms with Crippen LogP contribution in [0.3, 0.4) is 0 Å². The molecule has 1 aromatic carbocycles. The van der Waals surface area contributed by atoms with Crippen LogP contribution in [-0.2, 0) is 4.79 Å². The Labute approximate surface area is 97.4 Å². The van der Waals surface area contributed by atoms with Gasteiger partial charge in [0, 0.05) is 0 Å². The van der Waals surface area contributed by atoms with E-state index >= 15 is 0 Å². The van der Waals surface area contributed by atoms with Crippen molar-refractivity contribution in [2.45, 2.75) is 0 Å². The van der Waals surface area contributed by atoms with Crippen LogP contribution in [0.25, 0.3) is 0 Å². The van der Waals surface area contributed by atoms with E-state index in [2.05, 4.69) is 5.32 Å². The van der Waals surface area contributed by atoms with Crippen molar-refractivity contribution in [3.8, 4) is 6.07 Å². The average Bonchev–Trinajstić information content (AvgIpc) is 2.22. The highest BCUT2D eigenvalue weighted by Crippen LogP contribution is 2.20. The Morgan fingerprint density at radius 1 is 1.53 bits per heavy atom. The van der Waals surface area contributed by atoms with Crippen molar-refractivity contribution in [3.05, 3.63) is 29.3 Å². The van der Waals surface area contributed by atoms with E-state index in [1.165, 1.54) is 11.8 Å². The van der Waals surface area contributed by atoms with Crippen LogP contribution in [0.1, 0.15) is 0 Å². The fraction of sp³-hybridized carbons (Fsp3) is 0.200. The molecule has 1 aromatic rings. The number of nitriles is 1. The summed E-state index contributed by atoms with van der Waals surface area (Å²) in [6.07, 6.45) is 0. The van der Waals surface area contributed by atoms with Gasteiger partial charge in [-0.25, -0.2) is 0 Å². The van der Waals surface area contributed by atoms with Crippen molar-refractivity contribution in [2.75, 3.05) is 16.8 Å². The van der Waals surface area contributed by atoms with Crippen LogP contribution >= 0.6 is 23.4 Å². The molecular weight excluding hydrogens is 232 g/mol. The van der Waals surface area contributed by atoms with Crippen molar-refractivity contribution in [2.24, 2.45) is 0 Å². The maximum atomic E-state index is 11.3. The number of hydrogen-bond donors (Lipinski definition) is 1. The smallest absolute Gasteiger partial charge is 0.234 e. The van der Waals surface area contributed by atoms with Crippen molar-refractivity contribution >= 4 is 35.0 Å². The molecule has 0 heterocycles. The molecule has 0 spiro atoms. The molecule has 0 fully saturated rings. The lowest BCUT2D eigenvalue weighted by molar-refractivity contribution is -0.113. The number of para-hydroxylation sites is 1. The van der Waals surface area contributed by atoms with Gasteiger partial charge in [-0.05, 0) is 12.1 Å². The molecule has 0 bridgehead atoms. The maximum Gasteiger partial charge on any atom is 0.234 e. The van der Waals surface area contributed by atoms with E-state index in [1.54, 1.807) is 24.3 Å². The molecule has 0 unspecified atom stereocenters.